The lowest BCUT2D eigenvalue weighted by Crippen LogP contribution is -2.40. The highest BCUT2D eigenvalue weighted by molar-refractivity contribution is 6.03. The molecule has 6 rings (SSSR count). The Labute approximate surface area is 223 Å². The predicted octanol–water partition coefficient (Wildman–Crippen LogP) is 4.12. The first kappa shape index (κ1) is 24.3. The molecule has 0 spiro atoms. The van der Waals surface area contributed by atoms with Gasteiger partial charge in [0.1, 0.15) is 11.2 Å². The monoisotopic (exact) mass is 522 g/mol. The van der Waals surface area contributed by atoms with Crippen molar-refractivity contribution >= 4 is 40.0 Å². The summed E-state index contributed by atoms with van der Waals surface area (Å²) in [5.74, 6) is 0.291. The SMILES string of the molecule is Cc1c(NC(=O)c2cnc[nH]2)cccc1-c1cc2[nH]cnc2c(Nc2ccc(C(=O)N3CCOCC3)cc2)n1. The molecule has 4 heterocycles. The molecule has 3 aromatic heterocycles. The molecule has 5 aromatic rings. The summed E-state index contributed by atoms with van der Waals surface area (Å²) in [7, 11) is 0. The average Bonchev–Trinajstić information content (AvgIpc) is 3.68. The molecule has 4 N–H and O–H groups in total. The Kier molecular flexibility index (Phi) is 6.47. The number of hydrogen-bond donors (Lipinski definition) is 4. The van der Waals surface area contributed by atoms with E-state index in [-0.39, 0.29) is 11.8 Å². The van der Waals surface area contributed by atoms with E-state index in [0.29, 0.717) is 60.3 Å². The van der Waals surface area contributed by atoms with Crippen LogP contribution >= 0.6 is 0 Å². The lowest BCUT2D eigenvalue weighted by molar-refractivity contribution is 0.0303. The van der Waals surface area contributed by atoms with E-state index in [0.717, 1.165) is 22.3 Å². The number of nitrogens with one attached hydrogen (secondary N) is 4. The molecule has 0 bridgehead atoms. The van der Waals surface area contributed by atoms with Crippen LogP contribution < -0.4 is 10.6 Å². The van der Waals surface area contributed by atoms with Gasteiger partial charge in [-0.25, -0.2) is 15.0 Å². The maximum absolute atomic E-state index is 12.8. The fourth-order valence-electron chi connectivity index (χ4n) is 4.57. The number of amides is 2. The standard InChI is InChI=1S/C28H26N8O3/c1-17-20(3-2-4-21(17)35-27(37)24-14-29-15-30-24)22-13-23-25(32-16-31-23)26(34-22)33-19-7-5-18(6-8-19)28(38)36-9-11-39-12-10-36/h2-8,13-16H,9-12H2,1H3,(H,29,30)(H,31,32)(H,33,34)(H,35,37). The van der Waals surface area contributed by atoms with Gasteiger partial charge in [-0.05, 0) is 48.9 Å². The van der Waals surface area contributed by atoms with E-state index in [1.165, 1.54) is 12.5 Å². The number of nitrogens with zero attached hydrogens (tertiary/aromatic N) is 4. The van der Waals surface area contributed by atoms with Crippen LogP contribution in [0.25, 0.3) is 22.3 Å². The summed E-state index contributed by atoms with van der Waals surface area (Å²) in [5.41, 5.74) is 6.40. The summed E-state index contributed by atoms with van der Waals surface area (Å²) in [6.07, 6.45) is 4.57. The van der Waals surface area contributed by atoms with Crippen molar-refractivity contribution in [1.29, 1.82) is 0 Å². The molecule has 11 heteroatoms. The van der Waals surface area contributed by atoms with Crippen molar-refractivity contribution in [3.05, 3.63) is 84.2 Å². The second-order valence-electron chi connectivity index (χ2n) is 9.16. The first-order chi connectivity index (χ1) is 19.1. The maximum Gasteiger partial charge on any atom is 0.273 e. The van der Waals surface area contributed by atoms with Crippen LogP contribution in [-0.4, -0.2) is 67.9 Å². The number of anilines is 3. The molecule has 0 aliphatic carbocycles. The lowest BCUT2D eigenvalue weighted by Gasteiger charge is -2.26. The van der Waals surface area contributed by atoms with E-state index >= 15 is 0 Å². The van der Waals surface area contributed by atoms with Gasteiger partial charge in [0.2, 0.25) is 0 Å². The number of pyridine rings is 1. The number of morpholine rings is 1. The molecule has 196 valence electrons. The van der Waals surface area contributed by atoms with E-state index in [4.69, 9.17) is 9.72 Å². The summed E-state index contributed by atoms with van der Waals surface area (Å²) >= 11 is 0. The highest BCUT2D eigenvalue weighted by Gasteiger charge is 2.19. The van der Waals surface area contributed by atoms with Crippen LogP contribution in [0, 0.1) is 6.92 Å². The van der Waals surface area contributed by atoms with Gasteiger partial charge in [0.05, 0.1) is 43.3 Å². The van der Waals surface area contributed by atoms with Crippen molar-refractivity contribution in [3.63, 3.8) is 0 Å². The second kappa shape index (κ2) is 10.4. The minimum absolute atomic E-state index is 0.00496. The van der Waals surface area contributed by atoms with Crippen molar-refractivity contribution in [3.8, 4) is 11.3 Å². The molecule has 1 fully saturated rings. The van der Waals surface area contributed by atoms with Crippen molar-refractivity contribution in [2.24, 2.45) is 0 Å². The van der Waals surface area contributed by atoms with Gasteiger partial charge < -0.3 is 30.2 Å². The zero-order chi connectivity index (χ0) is 26.8. The van der Waals surface area contributed by atoms with Crippen LogP contribution in [0.1, 0.15) is 26.4 Å². The fraction of sp³-hybridized carbons (Fsp3) is 0.179. The number of aromatic nitrogens is 5. The second-order valence-corrected chi connectivity index (χ2v) is 9.16. The molecule has 1 aliphatic rings. The number of carbonyl (C=O) groups excluding carboxylic acids is 2. The molecule has 11 nitrogen and oxygen atoms in total. The van der Waals surface area contributed by atoms with Crippen LogP contribution in [0.15, 0.2) is 67.4 Å². The molecular formula is C28H26N8O3. The Morgan fingerprint density at radius 1 is 1.03 bits per heavy atom. The highest BCUT2D eigenvalue weighted by Crippen LogP contribution is 2.32. The molecule has 0 radical (unpaired) electrons. The number of imidazole rings is 2. The Morgan fingerprint density at radius 2 is 1.85 bits per heavy atom. The van der Waals surface area contributed by atoms with Gasteiger partial charge in [0.15, 0.2) is 5.82 Å². The van der Waals surface area contributed by atoms with E-state index in [9.17, 15) is 9.59 Å². The van der Waals surface area contributed by atoms with E-state index in [1.807, 2.05) is 55.5 Å². The van der Waals surface area contributed by atoms with Crippen LogP contribution in [0.5, 0.6) is 0 Å². The number of benzene rings is 2. The number of aromatic amines is 2. The Morgan fingerprint density at radius 3 is 2.62 bits per heavy atom. The molecule has 2 amide bonds. The molecule has 2 aromatic carbocycles. The number of rotatable bonds is 6. The summed E-state index contributed by atoms with van der Waals surface area (Å²) in [6, 6.07) is 14.9. The fourth-order valence-corrected chi connectivity index (χ4v) is 4.57. The van der Waals surface area contributed by atoms with Crippen molar-refractivity contribution in [1.82, 2.24) is 29.8 Å². The largest absolute Gasteiger partial charge is 0.378 e. The first-order valence-corrected chi connectivity index (χ1v) is 12.5. The summed E-state index contributed by atoms with van der Waals surface area (Å²) in [6.45, 7) is 4.26. The minimum atomic E-state index is -0.275. The van der Waals surface area contributed by atoms with Gasteiger partial charge in [0, 0.05) is 35.6 Å². The summed E-state index contributed by atoms with van der Waals surface area (Å²) in [5, 5.41) is 6.29. The Balaban J connectivity index is 1.27. The number of H-pyrrole nitrogens is 2. The normalized spacial score (nSPS) is 13.4. The third-order valence-electron chi connectivity index (χ3n) is 6.70. The molecule has 1 saturated heterocycles. The number of ether oxygens (including phenoxy) is 1. The Bertz CT molecular complexity index is 1640. The molecular weight excluding hydrogens is 496 g/mol. The van der Waals surface area contributed by atoms with Gasteiger partial charge in [-0.15, -0.1) is 0 Å². The number of carbonyl (C=O) groups is 2. The van der Waals surface area contributed by atoms with Crippen LogP contribution in [0.4, 0.5) is 17.2 Å². The third kappa shape index (κ3) is 4.94. The smallest absolute Gasteiger partial charge is 0.273 e. The quantitative estimate of drug-likeness (QED) is 0.263. The molecule has 0 saturated carbocycles. The summed E-state index contributed by atoms with van der Waals surface area (Å²) in [4.78, 5) is 46.4. The predicted molar refractivity (Wildman–Crippen MR) is 147 cm³/mol. The van der Waals surface area contributed by atoms with E-state index < -0.39 is 0 Å². The highest BCUT2D eigenvalue weighted by atomic mass is 16.5. The van der Waals surface area contributed by atoms with E-state index in [2.05, 4.69) is 30.6 Å². The third-order valence-corrected chi connectivity index (χ3v) is 6.70. The minimum Gasteiger partial charge on any atom is -0.378 e. The van der Waals surface area contributed by atoms with Gasteiger partial charge >= 0.3 is 0 Å². The van der Waals surface area contributed by atoms with Crippen LogP contribution in [0.3, 0.4) is 0 Å². The number of fused-ring (bicyclic) bond motifs is 1. The maximum atomic E-state index is 12.8. The van der Waals surface area contributed by atoms with Crippen molar-refractivity contribution < 1.29 is 14.3 Å². The van der Waals surface area contributed by atoms with E-state index in [1.54, 1.807) is 11.2 Å². The van der Waals surface area contributed by atoms with Crippen LogP contribution in [-0.2, 0) is 4.74 Å². The average molecular weight is 523 g/mol. The topological polar surface area (TPSA) is 141 Å². The zero-order valence-electron chi connectivity index (χ0n) is 21.2. The molecule has 0 unspecified atom stereocenters. The van der Waals surface area contributed by atoms with Gasteiger partial charge in [-0.1, -0.05) is 12.1 Å². The zero-order valence-corrected chi connectivity index (χ0v) is 21.2. The van der Waals surface area contributed by atoms with Gasteiger partial charge in [0.25, 0.3) is 11.8 Å². The lowest BCUT2D eigenvalue weighted by atomic mass is 10.0. The molecule has 39 heavy (non-hydrogen) atoms. The van der Waals surface area contributed by atoms with Crippen LogP contribution in [0.2, 0.25) is 0 Å². The summed E-state index contributed by atoms with van der Waals surface area (Å²) < 4.78 is 5.35. The number of hydrogen-bond acceptors (Lipinski definition) is 7. The van der Waals surface area contributed by atoms with Crippen molar-refractivity contribution in [2.45, 2.75) is 6.92 Å². The van der Waals surface area contributed by atoms with Gasteiger partial charge in [-0.3, -0.25) is 9.59 Å². The molecule has 0 atom stereocenters. The molecule has 1 aliphatic heterocycles. The van der Waals surface area contributed by atoms with Crippen molar-refractivity contribution in [2.75, 3.05) is 36.9 Å². The van der Waals surface area contributed by atoms with Gasteiger partial charge in [-0.2, -0.15) is 0 Å². The Hall–Kier alpha value is -5.03. The first-order valence-electron chi connectivity index (χ1n) is 12.5.